The van der Waals surface area contributed by atoms with Gasteiger partial charge in [-0.25, -0.2) is 9.97 Å². The molecule has 0 amide bonds. The first-order valence-electron chi connectivity index (χ1n) is 14.3. The Morgan fingerprint density at radius 3 is 2.37 bits per heavy atom. The molecule has 0 bridgehead atoms. The van der Waals surface area contributed by atoms with Crippen molar-refractivity contribution in [1.82, 2.24) is 15.0 Å². The molecule has 5 nitrogen and oxygen atoms in total. The van der Waals surface area contributed by atoms with Crippen molar-refractivity contribution < 1.29 is 4.42 Å². The molecule has 4 heterocycles. The lowest BCUT2D eigenvalue weighted by Gasteiger charge is -2.26. The van der Waals surface area contributed by atoms with E-state index in [1.54, 1.807) is 0 Å². The zero-order valence-electron chi connectivity index (χ0n) is 23.0. The van der Waals surface area contributed by atoms with E-state index in [0.29, 0.717) is 0 Å². The monoisotopic (exact) mass is 552 g/mol. The summed E-state index contributed by atoms with van der Waals surface area (Å²) in [5.74, 6) is 0.849. The molecule has 9 aromatic rings. The predicted octanol–water partition coefficient (Wildman–Crippen LogP) is 10.3. The number of fused-ring (bicyclic) bond motifs is 8. The molecule has 4 aromatic heterocycles. The molecule has 0 atom stereocenters. The minimum absolute atomic E-state index is 0.770. The summed E-state index contributed by atoms with van der Waals surface area (Å²) in [6.45, 7) is 0. The van der Waals surface area contributed by atoms with Gasteiger partial charge in [0.15, 0.2) is 5.58 Å². The van der Waals surface area contributed by atoms with Crippen molar-refractivity contribution in [1.29, 1.82) is 0 Å². The Balaban J connectivity index is 1.24. The molecule has 0 aliphatic rings. The van der Waals surface area contributed by atoms with Gasteiger partial charge in [-0.15, -0.1) is 0 Å². The summed E-state index contributed by atoms with van der Waals surface area (Å²) < 4.78 is 6.27. The van der Waals surface area contributed by atoms with Gasteiger partial charge in [0.2, 0.25) is 0 Å². The van der Waals surface area contributed by atoms with Crippen LogP contribution < -0.4 is 4.90 Å². The molecule has 0 unspecified atom stereocenters. The minimum atomic E-state index is 0.770. The molecule has 1 N–H and O–H groups in total. The molecule has 5 heteroatoms. The van der Waals surface area contributed by atoms with Gasteiger partial charge in [-0.05, 0) is 66.0 Å². The average Bonchev–Trinajstić information content (AvgIpc) is 3.63. The Labute approximate surface area is 246 Å². The number of pyridine rings is 2. The first-order chi connectivity index (χ1) is 21.3. The van der Waals surface area contributed by atoms with Crippen molar-refractivity contribution in [2.75, 3.05) is 4.90 Å². The van der Waals surface area contributed by atoms with Crippen LogP contribution in [0.2, 0.25) is 0 Å². The fourth-order valence-corrected chi connectivity index (χ4v) is 6.30. The molecule has 0 fully saturated rings. The standard InChI is InChI=1S/C38H24N4O/c1-2-13-27-24(9-1)10-8-16-32(27)42(35-17-5-6-22-39-35)26-12-7-11-25(23-26)30-19-21-34-38(40-30)36-33(43-34)20-18-29-28-14-3-4-15-31(28)41-37(29)36/h1-23,41H. The number of aromatic nitrogens is 3. The van der Waals surface area contributed by atoms with Gasteiger partial charge in [-0.3, -0.25) is 4.90 Å². The number of para-hydroxylation sites is 1. The topological polar surface area (TPSA) is 58.0 Å². The van der Waals surface area contributed by atoms with Crippen molar-refractivity contribution in [3.63, 3.8) is 0 Å². The van der Waals surface area contributed by atoms with Crippen LogP contribution in [0.1, 0.15) is 0 Å². The van der Waals surface area contributed by atoms with Crippen molar-refractivity contribution in [2.24, 2.45) is 0 Å². The number of nitrogens with one attached hydrogen (secondary N) is 1. The molecule has 0 saturated carbocycles. The van der Waals surface area contributed by atoms with Crippen molar-refractivity contribution >= 4 is 71.8 Å². The van der Waals surface area contributed by atoms with Crippen molar-refractivity contribution in [2.45, 2.75) is 0 Å². The van der Waals surface area contributed by atoms with Crippen LogP contribution >= 0.6 is 0 Å². The second-order valence-corrected chi connectivity index (χ2v) is 10.7. The van der Waals surface area contributed by atoms with Crippen LogP contribution in [-0.2, 0) is 0 Å². The average molecular weight is 553 g/mol. The van der Waals surface area contributed by atoms with E-state index in [0.717, 1.165) is 66.9 Å². The summed E-state index contributed by atoms with van der Waals surface area (Å²) in [7, 11) is 0. The molecule has 0 aliphatic carbocycles. The molecular formula is C38H24N4O. The number of nitrogens with zero attached hydrogens (tertiary/aromatic N) is 3. The number of furan rings is 1. The first kappa shape index (κ1) is 23.7. The van der Waals surface area contributed by atoms with E-state index in [1.165, 1.54) is 16.2 Å². The fraction of sp³-hybridized carbons (Fsp3) is 0. The van der Waals surface area contributed by atoms with Gasteiger partial charge in [0.25, 0.3) is 0 Å². The van der Waals surface area contributed by atoms with Crippen LogP contribution in [0, 0.1) is 0 Å². The van der Waals surface area contributed by atoms with E-state index in [4.69, 9.17) is 14.4 Å². The van der Waals surface area contributed by atoms with Gasteiger partial charge in [0.05, 0.1) is 22.3 Å². The Morgan fingerprint density at radius 2 is 1.44 bits per heavy atom. The summed E-state index contributed by atoms with van der Waals surface area (Å²) in [4.78, 5) is 15.8. The lowest BCUT2D eigenvalue weighted by molar-refractivity contribution is 0.668. The van der Waals surface area contributed by atoms with Crippen LogP contribution in [0.4, 0.5) is 17.2 Å². The van der Waals surface area contributed by atoms with E-state index in [9.17, 15) is 0 Å². The van der Waals surface area contributed by atoms with E-state index >= 15 is 0 Å². The first-order valence-corrected chi connectivity index (χ1v) is 14.3. The second-order valence-electron chi connectivity index (χ2n) is 10.7. The number of hydrogen-bond donors (Lipinski definition) is 1. The summed E-state index contributed by atoms with van der Waals surface area (Å²) in [5.41, 5.74) is 8.56. The smallest absolute Gasteiger partial charge is 0.154 e. The zero-order chi connectivity index (χ0) is 28.3. The molecule has 0 radical (unpaired) electrons. The highest BCUT2D eigenvalue weighted by atomic mass is 16.3. The van der Waals surface area contributed by atoms with Gasteiger partial charge in [0, 0.05) is 39.1 Å². The Hall–Kier alpha value is -5.94. The number of anilines is 3. The van der Waals surface area contributed by atoms with E-state index in [-0.39, 0.29) is 0 Å². The highest BCUT2D eigenvalue weighted by Crippen LogP contribution is 2.40. The fourth-order valence-electron chi connectivity index (χ4n) is 6.30. The molecule has 0 spiro atoms. The molecule has 0 saturated heterocycles. The summed E-state index contributed by atoms with van der Waals surface area (Å²) >= 11 is 0. The van der Waals surface area contributed by atoms with Gasteiger partial charge in [-0.2, -0.15) is 0 Å². The Kier molecular flexibility index (Phi) is 5.13. The summed E-state index contributed by atoms with van der Waals surface area (Å²) in [5, 5.41) is 5.71. The van der Waals surface area contributed by atoms with Gasteiger partial charge >= 0.3 is 0 Å². The third kappa shape index (κ3) is 3.72. The number of hydrogen-bond acceptors (Lipinski definition) is 4. The minimum Gasteiger partial charge on any atom is -0.454 e. The molecule has 9 rings (SSSR count). The van der Waals surface area contributed by atoms with Crippen LogP contribution in [0.25, 0.3) is 65.9 Å². The molecule has 202 valence electrons. The van der Waals surface area contributed by atoms with Crippen molar-refractivity contribution in [3.05, 3.63) is 140 Å². The van der Waals surface area contributed by atoms with E-state index < -0.39 is 0 Å². The van der Waals surface area contributed by atoms with E-state index in [1.807, 2.05) is 36.5 Å². The normalized spacial score (nSPS) is 11.7. The lowest BCUT2D eigenvalue weighted by atomic mass is 10.1. The third-order valence-corrected chi connectivity index (χ3v) is 8.24. The third-order valence-electron chi connectivity index (χ3n) is 8.24. The van der Waals surface area contributed by atoms with Gasteiger partial charge in [-0.1, -0.05) is 72.8 Å². The maximum absolute atomic E-state index is 6.27. The highest BCUT2D eigenvalue weighted by Gasteiger charge is 2.19. The quantitative estimate of drug-likeness (QED) is 0.236. The zero-order valence-corrected chi connectivity index (χ0v) is 23.0. The Bertz CT molecular complexity index is 2470. The van der Waals surface area contributed by atoms with Gasteiger partial charge in [0.1, 0.15) is 16.9 Å². The highest BCUT2D eigenvalue weighted by molar-refractivity contribution is 6.22. The number of aromatic amines is 1. The van der Waals surface area contributed by atoms with E-state index in [2.05, 4.69) is 113 Å². The van der Waals surface area contributed by atoms with Crippen LogP contribution in [-0.4, -0.2) is 15.0 Å². The molecule has 5 aromatic carbocycles. The van der Waals surface area contributed by atoms with Gasteiger partial charge < -0.3 is 9.40 Å². The lowest BCUT2D eigenvalue weighted by Crippen LogP contribution is -2.12. The summed E-state index contributed by atoms with van der Waals surface area (Å²) in [6.07, 6.45) is 1.83. The Morgan fingerprint density at radius 1 is 0.628 bits per heavy atom. The van der Waals surface area contributed by atoms with Crippen LogP contribution in [0.5, 0.6) is 0 Å². The van der Waals surface area contributed by atoms with Crippen LogP contribution in [0.3, 0.4) is 0 Å². The summed E-state index contributed by atoms with van der Waals surface area (Å²) in [6, 6.07) is 46.0. The molecule has 43 heavy (non-hydrogen) atoms. The largest absolute Gasteiger partial charge is 0.454 e. The number of benzene rings is 5. The van der Waals surface area contributed by atoms with Crippen molar-refractivity contribution in [3.8, 4) is 11.3 Å². The maximum atomic E-state index is 6.27. The maximum Gasteiger partial charge on any atom is 0.154 e. The van der Waals surface area contributed by atoms with Crippen LogP contribution in [0.15, 0.2) is 144 Å². The number of rotatable bonds is 4. The second kappa shape index (κ2) is 9.29. The molecule has 0 aliphatic heterocycles. The predicted molar refractivity (Wildman–Crippen MR) is 176 cm³/mol. The number of H-pyrrole nitrogens is 1. The SMILES string of the molecule is c1ccc(N(c2cccc(-c3ccc4oc5ccc6c7ccccc7[nH]c6c5c4n3)c2)c2cccc3ccccc23)nc1. The molecular weight excluding hydrogens is 528 g/mol.